The molecule has 0 saturated heterocycles. The maximum atomic E-state index is 12.6. The summed E-state index contributed by atoms with van der Waals surface area (Å²) in [5.74, 6) is 0.440. The molecule has 116 valence electrons. The average molecular weight is 319 g/mol. The lowest BCUT2D eigenvalue weighted by Crippen LogP contribution is -2.37. The zero-order valence-corrected chi connectivity index (χ0v) is 12.5. The molecule has 0 aliphatic heterocycles. The molecule has 0 radical (unpaired) electrons. The van der Waals surface area contributed by atoms with Gasteiger partial charge < -0.3 is 10.1 Å². The molecular weight excluding hydrogens is 303 g/mol. The molecule has 1 unspecified atom stereocenters. The van der Waals surface area contributed by atoms with Crippen LogP contribution in [0.15, 0.2) is 17.0 Å². The minimum Gasteiger partial charge on any atom is -0.496 e. The van der Waals surface area contributed by atoms with E-state index in [0.29, 0.717) is 30.6 Å². The maximum Gasteiger partial charge on any atom is 0.446 e. The summed E-state index contributed by atoms with van der Waals surface area (Å²) in [6, 6.07) is 2.95. The molecule has 21 heavy (non-hydrogen) atoms. The molecule has 0 saturated carbocycles. The van der Waals surface area contributed by atoms with E-state index in [9.17, 15) is 18.0 Å². The van der Waals surface area contributed by atoms with Crippen LogP contribution in [0.25, 0.3) is 0 Å². The van der Waals surface area contributed by atoms with Crippen LogP contribution in [-0.4, -0.2) is 24.6 Å². The van der Waals surface area contributed by atoms with Gasteiger partial charge in [-0.3, -0.25) is 4.79 Å². The molecule has 2 rings (SSSR count). The summed E-state index contributed by atoms with van der Waals surface area (Å²) >= 11 is -0.0932. The first-order chi connectivity index (χ1) is 9.80. The number of carbonyl (C=O) groups is 1. The van der Waals surface area contributed by atoms with E-state index in [-0.39, 0.29) is 28.6 Å². The van der Waals surface area contributed by atoms with E-state index < -0.39 is 5.51 Å². The van der Waals surface area contributed by atoms with E-state index in [1.54, 1.807) is 6.07 Å². The van der Waals surface area contributed by atoms with Crippen LogP contribution in [0.5, 0.6) is 5.75 Å². The standard InChI is InChI=1S/C14H16F3NO2S/c1-8(19)18-9-3-4-10-11(7-9)12(20-2)5-6-13(10)21-14(15,16)17/h5-6,9H,3-4,7H2,1-2H3,(H,18,19). The van der Waals surface area contributed by atoms with E-state index in [0.717, 1.165) is 5.56 Å². The Kier molecular flexibility index (Phi) is 4.70. The second kappa shape index (κ2) is 6.17. The third-order valence-electron chi connectivity index (χ3n) is 3.39. The van der Waals surface area contributed by atoms with Gasteiger partial charge in [-0.05, 0) is 48.7 Å². The molecule has 3 nitrogen and oxygen atoms in total. The Labute approximate surface area is 125 Å². The average Bonchev–Trinajstić information content (AvgIpc) is 2.36. The Morgan fingerprint density at radius 1 is 1.38 bits per heavy atom. The van der Waals surface area contributed by atoms with Gasteiger partial charge in [-0.25, -0.2) is 0 Å². The zero-order chi connectivity index (χ0) is 15.6. The summed E-state index contributed by atoms with van der Waals surface area (Å²) in [5, 5.41) is 2.82. The van der Waals surface area contributed by atoms with Gasteiger partial charge in [0.2, 0.25) is 5.91 Å². The molecule has 0 fully saturated rings. The lowest BCUT2D eigenvalue weighted by Gasteiger charge is -2.28. The van der Waals surface area contributed by atoms with E-state index in [1.165, 1.54) is 20.1 Å². The number of hydrogen-bond donors (Lipinski definition) is 1. The van der Waals surface area contributed by atoms with Crippen molar-refractivity contribution in [3.63, 3.8) is 0 Å². The number of nitrogens with one attached hydrogen (secondary N) is 1. The summed E-state index contributed by atoms with van der Waals surface area (Å²) in [6.45, 7) is 1.43. The minimum atomic E-state index is -4.31. The molecule has 0 aromatic heterocycles. The van der Waals surface area contributed by atoms with Crippen LogP contribution in [0.3, 0.4) is 0 Å². The quantitative estimate of drug-likeness (QED) is 0.869. The Balaban J connectivity index is 2.33. The summed E-state index contributed by atoms with van der Waals surface area (Å²) in [4.78, 5) is 11.4. The maximum absolute atomic E-state index is 12.6. The van der Waals surface area contributed by atoms with Gasteiger partial charge in [0.15, 0.2) is 0 Å². The predicted molar refractivity (Wildman–Crippen MR) is 74.5 cm³/mol. The number of rotatable bonds is 3. The number of ether oxygens (including phenoxy) is 1. The summed E-state index contributed by atoms with van der Waals surface area (Å²) in [6.07, 6.45) is 1.62. The van der Waals surface area contributed by atoms with Gasteiger partial charge in [0.1, 0.15) is 5.75 Å². The monoisotopic (exact) mass is 319 g/mol. The van der Waals surface area contributed by atoms with Gasteiger partial charge in [0.25, 0.3) is 0 Å². The normalized spacial score (nSPS) is 18.0. The smallest absolute Gasteiger partial charge is 0.446 e. The van der Waals surface area contributed by atoms with Gasteiger partial charge in [-0.2, -0.15) is 13.2 Å². The minimum absolute atomic E-state index is 0.0602. The fraction of sp³-hybridized carbons (Fsp3) is 0.500. The largest absolute Gasteiger partial charge is 0.496 e. The van der Waals surface area contributed by atoms with Gasteiger partial charge >= 0.3 is 5.51 Å². The Bertz CT molecular complexity index is 546. The first-order valence-corrected chi connectivity index (χ1v) is 7.33. The number of thioether (sulfide) groups is 1. The number of benzene rings is 1. The highest BCUT2D eigenvalue weighted by Crippen LogP contribution is 2.43. The number of halogens is 3. The molecular formula is C14H16F3NO2S. The van der Waals surface area contributed by atoms with Crippen LogP contribution in [0.2, 0.25) is 0 Å². The second-order valence-electron chi connectivity index (χ2n) is 4.91. The Morgan fingerprint density at radius 3 is 2.67 bits per heavy atom. The molecule has 1 aliphatic carbocycles. The van der Waals surface area contributed by atoms with E-state index >= 15 is 0 Å². The first kappa shape index (κ1) is 16.0. The first-order valence-electron chi connectivity index (χ1n) is 6.51. The third-order valence-corrected chi connectivity index (χ3v) is 4.23. The van der Waals surface area contributed by atoms with Crippen LogP contribution in [0.1, 0.15) is 24.5 Å². The van der Waals surface area contributed by atoms with Gasteiger partial charge in [-0.15, -0.1) is 0 Å². The van der Waals surface area contributed by atoms with Crippen LogP contribution >= 0.6 is 11.8 Å². The van der Waals surface area contributed by atoms with Crippen molar-refractivity contribution < 1.29 is 22.7 Å². The summed E-state index contributed by atoms with van der Waals surface area (Å²) in [5.41, 5.74) is -2.87. The van der Waals surface area contributed by atoms with Crippen LogP contribution < -0.4 is 10.1 Å². The van der Waals surface area contributed by atoms with Crippen molar-refractivity contribution >= 4 is 17.7 Å². The van der Waals surface area contributed by atoms with E-state index in [2.05, 4.69) is 5.32 Å². The lowest BCUT2D eigenvalue weighted by molar-refractivity contribution is -0.119. The molecule has 1 atom stereocenters. The lowest BCUT2D eigenvalue weighted by atomic mass is 9.87. The molecule has 1 aliphatic rings. The van der Waals surface area contributed by atoms with Crippen molar-refractivity contribution in [3.05, 3.63) is 23.3 Å². The highest BCUT2D eigenvalue weighted by Gasteiger charge is 2.33. The number of carbonyl (C=O) groups excluding carboxylic acids is 1. The van der Waals surface area contributed by atoms with Gasteiger partial charge in [-0.1, -0.05) is 0 Å². The molecule has 1 amide bonds. The van der Waals surface area contributed by atoms with Crippen LogP contribution in [-0.2, 0) is 17.6 Å². The topological polar surface area (TPSA) is 38.3 Å². The fourth-order valence-electron chi connectivity index (χ4n) is 2.64. The third kappa shape index (κ3) is 4.06. The number of hydrogen-bond acceptors (Lipinski definition) is 3. The van der Waals surface area contributed by atoms with Crippen molar-refractivity contribution in [1.29, 1.82) is 0 Å². The van der Waals surface area contributed by atoms with E-state index in [4.69, 9.17) is 4.74 Å². The van der Waals surface area contributed by atoms with Gasteiger partial charge in [0.05, 0.1) is 7.11 Å². The van der Waals surface area contributed by atoms with Gasteiger partial charge in [0, 0.05) is 23.4 Å². The Morgan fingerprint density at radius 2 is 2.10 bits per heavy atom. The van der Waals surface area contributed by atoms with Crippen LogP contribution in [0.4, 0.5) is 13.2 Å². The fourth-order valence-corrected chi connectivity index (χ4v) is 3.37. The number of amides is 1. The molecule has 0 bridgehead atoms. The Hall–Kier alpha value is -1.37. The highest BCUT2D eigenvalue weighted by atomic mass is 32.2. The second-order valence-corrected chi connectivity index (χ2v) is 6.02. The van der Waals surface area contributed by atoms with Crippen molar-refractivity contribution in [2.75, 3.05) is 7.11 Å². The van der Waals surface area contributed by atoms with Crippen molar-refractivity contribution in [1.82, 2.24) is 5.32 Å². The van der Waals surface area contributed by atoms with E-state index in [1.807, 2.05) is 0 Å². The van der Waals surface area contributed by atoms with Crippen LogP contribution in [0, 0.1) is 0 Å². The zero-order valence-electron chi connectivity index (χ0n) is 11.7. The SMILES string of the molecule is COc1ccc(SC(F)(F)F)c2c1CC(NC(C)=O)CC2. The summed E-state index contributed by atoms with van der Waals surface area (Å²) in [7, 11) is 1.49. The number of methoxy groups -OCH3 is 1. The summed E-state index contributed by atoms with van der Waals surface area (Å²) < 4.78 is 43.1. The molecule has 7 heteroatoms. The van der Waals surface area contributed by atoms with Crippen molar-refractivity contribution in [2.24, 2.45) is 0 Å². The van der Waals surface area contributed by atoms with Crippen molar-refractivity contribution in [2.45, 2.75) is 42.6 Å². The molecule has 1 aromatic carbocycles. The number of fused-ring (bicyclic) bond motifs is 1. The molecule has 0 heterocycles. The van der Waals surface area contributed by atoms with Crippen molar-refractivity contribution in [3.8, 4) is 5.75 Å². The number of alkyl halides is 3. The predicted octanol–water partition coefficient (Wildman–Crippen LogP) is 3.30. The molecule has 1 N–H and O–H groups in total. The highest BCUT2D eigenvalue weighted by molar-refractivity contribution is 8.00. The molecule has 1 aromatic rings. The molecule has 0 spiro atoms.